The smallest absolute Gasteiger partial charge is 0.0587 e. The molecule has 62 valence electrons. The molecular weight excluding hydrogens is 128 g/mol. The molecule has 0 saturated heterocycles. The van der Waals surface area contributed by atoms with Crippen molar-refractivity contribution in [2.24, 2.45) is 5.92 Å². The maximum atomic E-state index is 9.27. The van der Waals surface area contributed by atoms with Crippen LogP contribution in [0.5, 0.6) is 0 Å². The van der Waals surface area contributed by atoms with Crippen LogP contribution in [-0.4, -0.2) is 22.4 Å². The van der Waals surface area contributed by atoms with E-state index in [9.17, 15) is 10.2 Å². The highest BCUT2D eigenvalue weighted by molar-refractivity contribution is 4.69. The number of rotatable bonds is 4. The van der Waals surface area contributed by atoms with Crippen LogP contribution < -0.4 is 0 Å². The summed E-state index contributed by atoms with van der Waals surface area (Å²) >= 11 is 0. The largest absolute Gasteiger partial charge is 0.393 e. The van der Waals surface area contributed by atoms with Gasteiger partial charge in [0.2, 0.25) is 0 Å². The van der Waals surface area contributed by atoms with E-state index in [4.69, 9.17) is 0 Å². The van der Waals surface area contributed by atoms with Gasteiger partial charge in [-0.1, -0.05) is 20.8 Å². The number of hydrogen-bond acceptors (Lipinski definition) is 2. The molecule has 0 saturated carbocycles. The van der Waals surface area contributed by atoms with E-state index in [1.54, 1.807) is 0 Å². The van der Waals surface area contributed by atoms with Crippen LogP contribution in [0.4, 0.5) is 0 Å². The fraction of sp³-hybridized carbons (Fsp3) is 1.00. The van der Waals surface area contributed by atoms with E-state index < -0.39 is 0 Å². The van der Waals surface area contributed by atoms with Gasteiger partial charge in [0.15, 0.2) is 0 Å². The molecule has 2 N–H and O–H groups in total. The van der Waals surface area contributed by atoms with Crippen LogP contribution in [0.15, 0.2) is 0 Å². The van der Waals surface area contributed by atoms with Crippen molar-refractivity contribution >= 4 is 0 Å². The van der Waals surface area contributed by atoms with Crippen molar-refractivity contribution in [1.29, 1.82) is 0 Å². The summed E-state index contributed by atoms with van der Waals surface area (Å²) in [5.74, 6) is 0.00926. The minimum absolute atomic E-state index is 0.00926. The Labute approximate surface area is 62.9 Å². The van der Waals surface area contributed by atoms with Crippen LogP contribution in [-0.2, 0) is 0 Å². The molecule has 0 aromatic heterocycles. The second-order valence-electron chi connectivity index (χ2n) is 2.81. The Balaban J connectivity index is 3.69. The first kappa shape index (κ1) is 9.92. The molecule has 0 aliphatic heterocycles. The quantitative estimate of drug-likeness (QED) is 0.625. The maximum absolute atomic E-state index is 9.27. The van der Waals surface area contributed by atoms with Crippen molar-refractivity contribution in [2.45, 2.75) is 45.8 Å². The zero-order chi connectivity index (χ0) is 8.15. The third-order valence-electron chi connectivity index (χ3n) is 2.05. The van der Waals surface area contributed by atoms with E-state index in [0.29, 0.717) is 0 Å². The van der Waals surface area contributed by atoms with Crippen molar-refractivity contribution < 1.29 is 10.2 Å². The Morgan fingerprint density at radius 3 is 1.50 bits per heavy atom. The van der Waals surface area contributed by atoms with Crippen molar-refractivity contribution in [3.8, 4) is 0 Å². The average Bonchev–Trinajstić information content (AvgIpc) is 2.00. The second-order valence-corrected chi connectivity index (χ2v) is 2.81. The van der Waals surface area contributed by atoms with Gasteiger partial charge in [-0.25, -0.2) is 0 Å². The molecule has 0 radical (unpaired) electrons. The maximum Gasteiger partial charge on any atom is 0.0587 e. The lowest BCUT2D eigenvalue weighted by molar-refractivity contribution is 0.0186. The SMILES string of the molecule is CC[C@@H](O)C(C)[C@H](O)CC. The summed E-state index contributed by atoms with van der Waals surface area (Å²) in [5.41, 5.74) is 0. The predicted molar refractivity (Wildman–Crippen MR) is 41.8 cm³/mol. The average molecular weight is 146 g/mol. The van der Waals surface area contributed by atoms with Crippen LogP contribution in [0, 0.1) is 5.92 Å². The van der Waals surface area contributed by atoms with Crippen molar-refractivity contribution in [3.05, 3.63) is 0 Å². The van der Waals surface area contributed by atoms with Crippen LogP contribution in [0.3, 0.4) is 0 Å². The lowest BCUT2D eigenvalue weighted by Gasteiger charge is -2.21. The molecule has 0 aromatic rings. The zero-order valence-electron chi connectivity index (χ0n) is 7.04. The van der Waals surface area contributed by atoms with Crippen LogP contribution in [0.2, 0.25) is 0 Å². The highest BCUT2D eigenvalue weighted by Gasteiger charge is 2.18. The lowest BCUT2D eigenvalue weighted by atomic mass is 9.95. The summed E-state index contributed by atoms with van der Waals surface area (Å²) in [7, 11) is 0. The van der Waals surface area contributed by atoms with Gasteiger partial charge in [-0.3, -0.25) is 0 Å². The van der Waals surface area contributed by atoms with Crippen LogP contribution in [0.25, 0.3) is 0 Å². The summed E-state index contributed by atoms with van der Waals surface area (Å²) in [6, 6.07) is 0. The molecular formula is C8H18O2. The van der Waals surface area contributed by atoms with Gasteiger partial charge in [0.25, 0.3) is 0 Å². The summed E-state index contributed by atoms with van der Waals surface area (Å²) in [5, 5.41) is 18.5. The van der Waals surface area contributed by atoms with E-state index in [2.05, 4.69) is 0 Å². The molecule has 0 aliphatic rings. The molecule has 2 heteroatoms. The molecule has 10 heavy (non-hydrogen) atoms. The number of aliphatic hydroxyl groups excluding tert-OH is 2. The number of hydrogen-bond donors (Lipinski definition) is 2. The van der Waals surface area contributed by atoms with Gasteiger partial charge in [0, 0.05) is 5.92 Å². The van der Waals surface area contributed by atoms with E-state index in [-0.39, 0.29) is 18.1 Å². The van der Waals surface area contributed by atoms with Gasteiger partial charge in [-0.15, -0.1) is 0 Å². The highest BCUT2D eigenvalue weighted by Crippen LogP contribution is 2.13. The molecule has 0 bridgehead atoms. The minimum Gasteiger partial charge on any atom is -0.393 e. The molecule has 0 aliphatic carbocycles. The Morgan fingerprint density at radius 2 is 1.30 bits per heavy atom. The first-order chi connectivity index (χ1) is 4.63. The van der Waals surface area contributed by atoms with Crippen molar-refractivity contribution in [1.82, 2.24) is 0 Å². The third-order valence-corrected chi connectivity index (χ3v) is 2.05. The summed E-state index contributed by atoms with van der Waals surface area (Å²) in [6.45, 7) is 5.72. The second kappa shape index (κ2) is 4.69. The van der Waals surface area contributed by atoms with E-state index in [1.165, 1.54) is 0 Å². The van der Waals surface area contributed by atoms with Crippen molar-refractivity contribution in [3.63, 3.8) is 0 Å². The zero-order valence-corrected chi connectivity index (χ0v) is 7.04. The molecule has 0 heterocycles. The van der Waals surface area contributed by atoms with Gasteiger partial charge < -0.3 is 10.2 Å². The monoisotopic (exact) mass is 146 g/mol. The molecule has 0 aromatic carbocycles. The van der Waals surface area contributed by atoms with Gasteiger partial charge in [0.05, 0.1) is 12.2 Å². The molecule has 0 rings (SSSR count). The van der Waals surface area contributed by atoms with E-state index in [1.807, 2.05) is 20.8 Å². The summed E-state index contributed by atoms with van der Waals surface area (Å²) in [4.78, 5) is 0. The standard InChI is InChI=1S/C8H18O2/c1-4-7(9)6(3)8(10)5-2/h6-10H,4-5H2,1-3H3/t7-,8-/m1/s1. The molecule has 2 nitrogen and oxygen atoms in total. The molecule has 0 fully saturated rings. The summed E-state index contributed by atoms with van der Waals surface area (Å²) in [6.07, 6.45) is 0.737. The molecule has 0 spiro atoms. The van der Waals surface area contributed by atoms with E-state index >= 15 is 0 Å². The normalized spacial score (nSPS) is 17.4. The topological polar surface area (TPSA) is 40.5 Å². The Bertz CT molecular complexity index is 73.3. The van der Waals surface area contributed by atoms with Gasteiger partial charge in [0.1, 0.15) is 0 Å². The minimum atomic E-state index is -0.352. The Kier molecular flexibility index (Phi) is 4.65. The van der Waals surface area contributed by atoms with Crippen LogP contribution >= 0.6 is 0 Å². The molecule has 2 atom stereocenters. The number of aliphatic hydroxyl groups is 2. The van der Waals surface area contributed by atoms with Gasteiger partial charge in [-0.2, -0.15) is 0 Å². The fourth-order valence-electron chi connectivity index (χ4n) is 1.00. The molecule has 0 amide bonds. The van der Waals surface area contributed by atoms with Crippen LogP contribution in [0.1, 0.15) is 33.6 Å². The van der Waals surface area contributed by atoms with Gasteiger partial charge >= 0.3 is 0 Å². The fourth-order valence-corrected chi connectivity index (χ4v) is 1.00. The van der Waals surface area contributed by atoms with Gasteiger partial charge in [-0.05, 0) is 12.8 Å². The Hall–Kier alpha value is -0.0800. The Morgan fingerprint density at radius 1 is 1.00 bits per heavy atom. The van der Waals surface area contributed by atoms with E-state index in [0.717, 1.165) is 12.8 Å². The lowest BCUT2D eigenvalue weighted by Crippen LogP contribution is -2.28. The first-order valence-corrected chi connectivity index (χ1v) is 3.99. The van der Waals surface area contributed by atoms with Crippen molar-refractivity contribution in [2.75, 3.05) is 0 Å². The third kappa shape index (κ3) is 2.67. The first-order valence-electron chi connectivity index (χ1n) is 3.99. The molecule has 0 unspecified atom stereocenters. The highest BCUT2D eigenvalue weighted by atomic mass is 16.3. The summed E-state index contributed by atoms with van der Waals surface area (Å²) < 4.78 is 0. The predicted octanol–water partition coefficient (Wildman–Crippen LogP) is 1.16.